The number of aliphatic hydroxyl groups excluding tert-OH is 1. The normalized spacial score (nSPS) is 43.1. The summed E-state index contributed by atoms with van der Waals surface area (Å²) in [5, 5.41) is 22.7. The van der Waals surface area contributed by atoms with Gasteiger partial charge in [-0.3, -0.25) is 14.1 Å². The predicted molar refractivity (Wildman–Crippen MR) is 108 cm³/mol. The molecule has 0 aromatic rings. The first kappa shape index (κ1) is 29.3. The maximum atomic E-state index is 12.8. The fourth-order valence-electron chi connectivity index (χ4n) is 7.41. The molecule has 4 N–H and O–H groups in total. The number of allylic oxidation sites excluding steroid dienone is 1. The van der Waals surface area contributed by atoms with E-state index in [2.05, 4.69) is 11.4 Å². The van der Waals surface area contributed by atoms with E-state index in [1.165, 1.54) is 0 Å². The van der Waals surface area contributed by atoms with Gasteiger partial charge in [-0.25, -0.2) is 4.57 Å². The Morgan fingerprint density at radius 2 is 1.88 bits per heavy atom. The van der Waals surface area contributed by atoms with Gasteiger partial charge in [-0.1, -0.05) is 19.4 Å². The molecule has 11 heteroatoms. The van der Waals surface area contributed by atoms with Crippen molar-refractivity contribution in [2.75, 3.05) is 6.61 Å². The van der Waals surface area contributed by atoms with Crippen molar-refractivity contribution < 1.29 is 101 Å². The molecule has 0 saturated heterocycles. The minimum atomic E-state index is -4.83. The molecule has 3 saturated carbocycles. The standard InChI is InChI=1S/C21H31O8P.2Na.2H/c1-19-7-5-13(22)9-12(19)3-4-14-15-6-8-21(25,17(24)11-29-30(26,27)28)20(15,2)10-16(23)18(14)19;;;;/h9,14-16,18,23,25H,3-8,10-11H2,1-2H3,(H2,26,27,28);;;;/q;2*+1;2*-1/t14-,15-,16-,18+,19-,20-,21-;;;;/m0..../s1. The fourth-order valence-corrected chi connectivity index (χ4v) is 7.70. The van der Waals surface area contributed by atoms with Crippen molar-refractivity contribution >= 4 is 19.4 Å². The minimum absolute atomic E-state index is 0. The number of carbonyl (C=O) groups is 2. The van der Waals surface area contributed by atoms with Gasteiger partial charge in [-0.2, -0.15) is 0 Å². The number of aliphatic hydroxyl groups is 2. The predicted octanol–water partition coefficient (Wildman–Crippen LogP) is -3.87. The molecule has 32 heavy (non-hydrogen) atoms. The van der Waals surface area contributed by atoms with E-state index in [4.69, 9.17) is 9.79 Å². The molecule has 3 fully saturated rings. The Bertz CT molecular complexity index is 870. The van der Waals surface area contributed by atoms with Gasteiger partial charge < -0.3 is 22.9 Å². The van der Waals surface area contributed by atoms with Gasteiger partial charge in [0.1, 0.15) is 12.2 Å². The van der Waals surface area contributed by atoms with Crippen molar-refractivity contribution in [1.29, 1.82) is 0 Å². The third-order valence-corrected chi connectivity index (χ3v) is 9.34. The molecule has 0 aromatic carbocycles. The summed E-state index contributed by atoms with van der Waals surface area (Å²) in [6, 6.07) is 0. The van der Waals surface area contributed by atoms with Crippen LogP contribution in [0.2, 0.25) is 0 Å². The van der Waals surface area contributed by atoms with Gasteiger partial charge in [0.25, 0.3) is 0 Å². The second kappa shape index (κ2) is 9.87. The largest absolute Gasteiger partial charge is 1.00 e. The smallest absolute Gasteiger partial charge is 1.00 e. The summed E-state index contributed by atoms with van der Waals surface area (Å²) in [6.45, 7) is 3.09. The molecule has 0 bridgehead atoms. The molecule has 0 radical (unpaired) electrons. The van der Waals surface area contributed by atoms with Crippen LogP contribution >= 0.6 is 7.82 Å². The Morgan fingerprint density at radius 1 is 1.22 bits per heavy atom. The summed E-state index contributed by atoms with van der Waals surface area (Å²) in [6.07, 6.45) is 4.79. The van der Waals surface area contributed by atoms with Crippen molar-refractivity contribution in [3.63, 3.8) is 0 Å². The van der Waals surface area contributed by atoms with E-state index in [9.17, 15) is 24.4 Å². The van der Waals surface area contributed by atoms with E-state index >= 15 is 0 Å². The Kier molecular flexibility index (Phi) is 9.05. The first-order chi connectivity index (χ1) is 13.8. The zero-order valence-corrected chi connectivity index (χ0v) is 24.3. The summed E-state index contributed by atoms with van der Waals surface area (Å²) in [5.74, 6) is -0.522. The first-order valence-corrected chi connectivity index (χ1v) is 12.2. The maximum absolute atomic E-state index is 12.8. The van der Waals surface area contributed by atoms with E-state index < -0.39 is 37.3 Å². The van der Waals surface area contributed by atoms with Gasteiger partial charge in [-0.05, 0) is 67.8 Å². The minimum Gasteiger partial charge on any atom is -1.00 e. The number of ketones is 2. The third-order valence-electron chi connectivity index (χ3n) is 8.87. The molecule has 7 atom stereocenters. The van der Waals surface area contributed by atoms with Crippen LogP contribution in [0.5, 0.6) is 0 Å². The number of hydrogen-bond donors (Lipinski definition) is 4. The molecule has 8 nitrogen and oxygen atoms in total. The molecule has 0 amide bonds. The molecule has 0 aliphatic heterocycles. The number of rotatable bonds is 4. The van der Waals surface area contributed by atoms with Gasteiger partial charge in [0, 0.05) is 11.8 Å². The number of carbonyl (C=O) groups excluding carboxylic acids is 2. The van der Waals surface area contributed by atoms with Gasteiger partial charge in [0.2, 0.25) is 0 Å². The summed E-state index contributed by atoms with van der Waals surface area (Å²) in [4.78, 5) is 42.6. The Labute approximate surface area is 235 Å². The third kappa shape index (κ3) is 4.62. The quantitative estimate of drug-likeness (QED) is 0.232. The average molecular weight is 490 g/mol. The van der Waals surface area contributed by atoms with Crippen molar-refractivity contribution in [2.24, 2.45) is 28.6 Å². The summed E-state index contributed by atoms with van der Waals surface area (Å²) in [5.41, 5.74) is -1.84. The zero-order valence-electron chi connectivity index (χ0n) is 21.4. The molecular weight excluding hydrogens is 457 g/mol. The maximum Gasteiger partial charge on any atom is 1.00 e. The zero-order chi connectivity index (χ0) is 22.1. The molecule has 172 valence electrons. The second-order valence-corrected chi connectivity index (χ2v) is 11.4. The Morgan fingerprint density at radius 3 is 2.50 bits per heavy atom. The van der Waals surface area contributed by atoms with Crippen LogP contribution in [0.15, 0.2) is 11.6 Å². The Balaban J connectivity index is 0.00000272. The number of fused-ring (bicyclic) bond motifs is 5. The monoisotopic (exact) mass is 490 g/mol. The molecule has 4 aliphatic carbocycles. The van der Waals surface area contributed by atoms with Crippen molar-refractivity contribution in [1.82, 2.24) is 0 Å². The number of phosphoric ester groups is 1. The van der Waals surface area contributed by atoms with Gasteiger partial charge in [-0.15, -0.1) is 0 Å². The fraction of sp³-hybridized carbons (Fsp3) is 0.810. The van der Waals surface area contributed by atoms with Crippen LogP contribution in [0.4, 0.5) is 0 Å². The molecular formula is C21H33Na2O8P. The second-order valence-electron chi connectivity index (χ2n) is 10.2. The van der Waals surface area contributed by atoms with E-state index in [1.807, 2.05) is 6.92 Å². The molecule has 4 aliphatic rings. The number of Topliss-reactive ketones (excluding diaryl/α,β-unsaturated/α-hetero) is 1. The van der Waals surface area contributed by atoms with Crippen LogP contribution in [-0.4, -0.2) is 49.9 Å². The molecule has 0 spiro atoms. The van der Waals surface area contributed by atoms with Gasteiger partial charge in [0.05, 0.1) is 6.10 Å². The van der Waals surface area contributed by atoms with E-state index in [0.29, 0.717) is 19.3 Å². The van der Waals surface area contributed by atoms with Crippen LogP contribution in [0.25, 0.3) is 0 Å². The van der Waals surface area contributed by atoms with Crippen molar-refractivity contribution in [3.8, 4) is 0 Å². The first-order valence-electron chi connectivity index (χ1n) is 10.7. The molecule has 0 unspecified atom stereocenters. The van der Waals surface area contributed by atoms with Crippen molar-refractivity contribution in [2.45, 2.75) is 70.5 Å². The van der Waals surface area contributed by atoms with E-state index in [-0.39, 0.29) is 104 Å². The van der Waals surface area contributed by atoms with Crippen LogP contribution in [0, 0.1) is 28.6 Å². The van der Waals surface area contributed by atoms with Crippen LogP contribution in [-0.2, 0) is 18.7 Å². The average Bonchev–Trinajstić information content (AvgIpc) is 2.91. The summed E-state index contributed by atoms with van der Waals surface area (Å²) in [7, 11) is -4.83. The summed E-state index contributed by atoms with van der Waals surface area (Å²) >= 11 is 0. The van der Waals surface area contributed by atoms with E-state index in [1.54, 1.807) is 6.08 Å². The van der Waals surface area contributed by atoms with Gasteiger partial charge >= 0.3 is 66.9 Å². The Hall–Kier alpha value is 1.11. The number of hydrogen-bond acceptors (Lipinski definition) is 6. The van der Waals surface area contributed by atoms with Crippen LogP contribution in [0.3, 0.4) is 0 Å². The SMILES string of the molecule is C[C@]12CCC(=O)C=C1CC[C@@H]1[C@@H]2[C@@H](O)C[C@@]2(C)[C@H]1CC[C@]2(O)C(=O)COP(=O)(O)O.[H-].[H-].[Na+].[Na+]. The topological polar surface area (TPSA) is 141 Å². The van der Waals surface area contributed by atoms with E-state index in [0.717, 1.165) is 18.4 Å². The molecule has 0 heterocycles. The molecule has 0 aromatic heterocycles. The number of phosphoric acid groups is 1. The summed E-state index contributed by atoms with van der Waals surface area (Å²) < 4.78 is 15.4. The molecule has 4 rings (SSSR count). The van der Waals surface area contributed by atoms with Crippen LogP contribution in [0.1, 0.15) is 61.6 Å². The van der Waals surface area contributed by atoms with Crippen LogP contribution < -0.4 is 59.1 Å². The van der Waals surface area contributed by atoms with Crippen molar-refractivity contribution in [3.05, 3.63) is 11.6 Å². The van der Waals surface area contributed by atoms with Gasteiger partial charge in [0.15, 0.2) is 11.6 Å².